The van der Waals surface area contributed by atoms with E-state index in [-0.39, 0.29) is 50.5 Å². The smallest absolute Gasteiger partial charge is 0.368 e. The van der Waals surface area contributed by atoms with E-state index in [0.29, 0.717) is 19.3 Å². The average Bonchev–Trinajstić information content (AvgIpc) is 2.57. The zero-order valence-corrected chi connectivity index (χ0v) is 18.8. The van der Waals surface area contributed by atoms with E-state index in [1.54, 1.807) is 0 Å². The lowest BCUT2D eigenvalue weighted by Gasteiger charge is -2.73. The fourth-order valence-corrected chi connectivity index (χ4v) is 5.63. The molecule has 5 saturated carbocycles. The molecule has 5 aliphatic carbocycles. The molecule has 0 aromatic rings. The van der Waals surface area contributed by atoms with Crippen molar-refractivity contribution in [2.75, 3.05) is 13.2 Å². The monoisotopic (exact) mass is 516 g/mol. The third-order valence-corrected chi connectivity index (χ3v) is 7.33. The first kappa shape index (κ1) is 26.1. The van der Waals surface area contributed by atoms with Crippen LogP contribution < -0.4 is 5.32 Å². The first-order valence-corrected chi connectivity index (χ1v) is 11.3. The van der Waals surface area contributed by atoms with Crippen LogP contribution in [0.4, 0.5) is 26.3 Å². The Kier molecular flexibility index (Phi) is 6.63. The van der Waals surface area contributed by atoms with Gasteiger partial charge in [-0.05, 0) is 32.1 Å². The summed E-state index contributed by atoms with van der Waals surface area (Å²) in [5.41, 5.74) is -1.10. The molecule has 0 heterocycles. The second kappa shape index (κ2) is 8.87. The largest absolute Gasteiger partial charge is 0.522 e. The van der Waals surface area contributed by atoms with E-state index in [4.69, 9.17) is 4.74 Å². The topological polar surface area (TPSA) is 94.2 Å². The molecule has 2 bridgehead atoms. The molecule has 198 valence electrons. The van der Waals surface area contributed by atoms with Gasteiger partial charge in [0.15, 0.2) is 5.78 Å². The van der Waals surface area contributed by atoms with Gasteiger partial charge >= 0.3 is 12.7 Å². The van der Waals surface area contributed by atoms with Gasteiger partial charge < -0.3 is 15.0 Å². The zero-order chi connectivity index (χ0) is 25.8. The molecule has 8 nitrogen and oxygen atoms in total. The second-order valence-corrected chi connectivity index (χ2v) is 10.1. The highest BCUT2D eigenvalue weighted by molar-refractivity contribution is 5.88. The molecule has 2 amide bonds. The number of nitrogens with one attached hydrogen (secondary N) is 1. The maximum absolute atomic E-state index is 12.5. The summed E-state index contributed by atoms with van der Waals surface area (Å²) in [5.74, 6) is -1.65. The van der Waals surface area contributed by atoms with Crippen LogP contribution in [-0.4, -0.2) is 77.8 Å². The number of alkyl halides is 6. The molecule has 0 saturated heterocycles. The van der Waals surface area contributed by atoms with Crippen LogP contribution in [0.2, 0.25) is 0 Å². The molecular weight excluding hydrogens is 490 g/mol. The molecule has 0 unspecified atom stereocenters. The van der Waals surface area contributed by atoms with E-state index in [2.05, 4.69) is 14.8 Å². The lowest BCUT2D eigenvalue weighted by atomic mass is 9.43. The van der Waals surface area contributed by atoms with Gasteiger partial charge in [-0.1, -0.05) is 0 Å². The lowest BCUT2D eigenvalue weighted by Crippen LogP contribution is -2.84. The Balaban J connectivity index is 1.16. The van der Waals surface area contributed by atoms with Crippen LogP contribution in [0.3, 0.4) is 0 Å². The minimum absolute atomic E-state index is 0.0405. The Morgan fingerprint density at radius 2 is 1.40 bits per heavy atom. The van der Waals surface area contributed by atoms with Crippen molar-refractivity contribution in [3.63, 3.8) is 0 Å². The highest BCUT2D eigenvalue weighted by Gasteiger charge is 2.71. The number of Topliss-reactive ketones (excluding diaryl/α,β-unsaturated/α-hetero) is 1. The molecular formula is C21H26F6N2O6. The van der Waals surface area contributed by atoms with E-state index in [1.807, 2.05) is 0 Å². The first-order valence-electron chi connectivity index (χ1n) is 11.3. The Bertz CT molecular complexity index is 846. The van der Waals surface area contributed by atoms with Crippen molar-refractivity contribution in [2.24, 2.45) is 5.92 Å². The third kappa shape index (κ3) is 5.91. The summed E-state index contributed by atoms with van der Waals surface area (Å²) < 4.78 is 86.2. The van der Waals surface area contributed by atoms with Gasteiger partial charge in [0.1, 0.15) is 6.61 Å². The SMILES string of the molecule is CC(=O)N(CC(=O)C1CC(OC(F)(F)F)C1)C12CC(NC(=O)COC3CC(OC(F)(F)F)C3)(C1)C2. The maximum atomic E-state index is 12.5. The highest BCUT2D eigenvalue weighted by Crippen LogP contribution is 2.63. The molecule has 5 fully saturated rings. The number of hydrogen-bond acceptors (Lipinski definition) is 6. The normalized spacial score (nSPS) is 35.6. The minimum Gasteiger partial charge on any atom is -0.368 e. The number of halogens is 6. The van der Waals surface area contributed by atoms with E-state index in [9.17, 15) is 40.7 Å². The summed E-state index contributed by atoms with van der Waals surface area (Å²) >= 11 is 0. The van der Waals surface area contributed by atoms with Crippen LogP contribution in [-0.2, 0) is 28.6 Å². The Morgan fingerprint density at radius 1 is 0.886 bits per heavy atom. The van der Waals surface area contributed by atoms with E-state index in [1.165, 1.54) is 11.8 Å². The number of hydrogen-bond donors (Lipinski definition) is 1. The van der Waals surface area contributed by atoms with Crippen LogP contribution in [0.5, 0.6) is 0 Å². The van der Waals surface area contributed by atoms with Gasteiger partial charge in [0.2, 0.25) is 11.8 Å². The van der Waals surface area contributed by atoms with Crippen molar-refractivity contribution < 1.29 is 54.9 Å². The summed E-state index contributed by atoms with van der Waals surface area (Å²) in [6.07, 6.45) is -10.6. The molecule has 5 rings (SSSR count). The van der Waals surface area contributed by atoms with Gasteiger partial charge in [0, 0.05) is 31.2 Å². The summed E-state index contributed by atoms with van der Waals surface area (Å²) in [4.78, 5) is 38.3. The fraction of sp³-hybridized carbons (Fsp3) is 0.857. The maximum Gasteiger partial charge on any atom is 0.522 e. The molecule has 0 radical (unpaired) electrons. The van der Waals surface area contributed by atoms with E-state index in [0.717, 1.165) is 0 Å². The molecule has 0 atom stereocenters. The molecule has 1 N–H and O–H groups in total. The van der Waals surface area contributed by atoms with Crippen molar-refractivity contribution in [1.29, 1.82) is 0 Å². The van der Waals surface area contributed by atoms with Gasteiger partial charge in [0.05, 0.1) is 30.4 Å². The summed E-state index contributed by atoms with van der Waals surface area (Å²) in [5, 5.41) is 2.84. The van der Waals surface area contributed by atoms with Crippen LogP contribution in [0, 0.1) is 5.92 Å². The number of carbonyl (C=O) groups excluding carboxylic acids is 3. The number of ketones is 1. The minimum atomic E-state index is -4.75. The Hall–Kier alpha value is -1.93. The molecule has 35 heavy (non-hydrogen) atoms. The van der Waals surface area contributed by atoms with Crippen molar-refractivity contribution in [3.05, 3.63) is 0 Å². The zero-order valence-electron chi connectivity index (χ0n) is 18.8. The van der Waals surface area contributed by atoms with Crippen LogP contribution in [0.25, 0.3) is 0 Å². The first-order chi connectivity index (χ1) is 16.1. The molecule has 0 aromatic heterocycles. The third-order valence-electron chi connectivity index (χ3n) is 7.33. The Labute approximate surface area is 196 Å². The lowest BCUT2D eigenvalue weighted by molar-refractivity contribution is -0.357. The molecule has 5 aliphatic rings. The van der Waals surface area contributed by atoms with Crippen molar-refractivity contribution in [2.45, 2.75) is 94.0 Å². The standard InChI is InChI=1S/C21H26F6N2O6/c1-11(30)29(6-16(31)12-2-14(3-12)34-20(22,23)24)19-8-18(9-19,10-19)28-17(32)7-33-13-4-15(5-13)35-21(25,26)27/h12-15H,2-10H2,1H3,(H,28,32). The molecule has 0 aliphatic heterocycles. The van der Waals surface area contributed by atoms with Crippen molar-refractivity contribution in [1.82, 2.24) is 10.2 Å². The molecule has 0 aromatic carbocycles. The van der Waals surface area contributed by atoms with Crippen LogP contribution >= 0.6 is 0 Å². The van der Waals surface area contributed by atoms with Gasteiger partial charge in [-0.25, -0.2) is 0 Å². The van der Waals surface area contributed by atoms with E-state index < -0.39 is 53.9 Å². The van der Waals surface area contributed by atoms with Gasteiger partial charge in [0.25, 0.3) is 0 Å². The number of rotatable bonds is 10. The highest BCUT2D eigenvalue weighted by atomic mass is 19.4. The van der Waals surface area contributed by atoms with Crippen LogP contribution in [0.1, 0.15) is 51.9 Å². The summed E-state index contributed by atoms with van der Waals surface area (Å²) in [7, 11) is 0. The summed E-state index contributed by atoms with van der Waals surface area (Å²) in [6.45, 7) is 0.808. The Morgan fingerprint density at radius 3 is 1.89 bits per heavy atom. The predicted octanol–water partition coefficient (Wildman–Crippen LogP) is 2.59. The van der Waals surface area contributed by atoms with Crippen molar-refractivity contribution >= 4 is 17.6 Å². The van der Waals surface area contributed by atoms with Gasteiger partial charge in [-0.2, -0.15) is 0 Å². The van der Waals surface area contributed by atoms with Crippen LogP contribution in [0.15, 0.2) is 0 Å². The predicted molar refractivity (Wildman–Crippen MR) is 103 cm³/mol. The quantitative estimate of drug-likeness (QED) is 0.449. The second-order valence-electron chi connectivity index (χ2n) is 10.1. The fourth-order valence-electron chi connectivity index (χ4n) is 5.63. The number of carbonyl (C=O) groups is 3. The average molecular weight is 516 g/mol. The number of ether oxygens (including phenoxy) is 3. The van der Waals surface area contributed by atoms with E-state index >= 15 is 0 Å². The molecule has 14 heteroatoms. The van der Waals surface area contributed by atoms with Gasteiger partial charge in [-0.15, -0.1) is 26.3 Å². The number of nitrogens with zero attached hydrogens (tertiary/aromatic N) is 1. The number of amides is 2. The summed E-state index contributed by atoms with van der Waals surface area (Å²) in [6, 6.07) is 0. The molecule has 0 spiro atoms. The van der Waals surface area contributed by atoms with Crippen molar-refractivity contribution in [3.8, 4) is 0 Å². The van der Waals surface area contributed by atoms with Gasteiger partial charge in [-0.3, -0.25) is 23.9 Å².